The minimum atomic E-state index is 1.02. The van der Waals surface area contributed by atoms with Crippen molar-refractivity contribution in [3.05, 3.63) is 142 Å². The highest BCUT2D eigenvalue weighted by molar-refractivity contribution is 9.10. The molecule has 0 fully saturated rings. The van der Waals surface area contributed by atoms with Crippen molar-refractivity contribution >= 4 is 71.5 Å². The lowest BCUT2D eigenvalue weighted by Gasteiger charge is -2.30. The standard InChI is InChI=1S/C34H27BrN2S/c1-24-25(2)38-34-32(24)19-12-20-33(34)37(29-17-10-5-11-18-29)31-22-26(35)21-30(23-31)36(27-13-6-3-7-14-27)28-15-8-4-9-16-28/h3-23H,1-2H3. The Morgan fingerprint density at radius 1 is 0.526 bits per heavy atom. The second kappa shape index (κ2) is 10.5. The molecule has 1 aromatic heterocycles. The molecule has 0 saturated carbocycles. The summed E-state index contributed by atoms with van der Waals surface area (Å²) >= 11 is 5.72. The topological polar surface area (TPSA) is 6.48 Å². The normalized spacial score (nSPS) is 11.0. The summed E-state index contributed by atoms with van der Waals surface area (Å²) in [6.07, 6.45) is 0. The van der Waals surface area contributed by atoms with Gasteiger partial charge in [0.2, 0.25) is 0 Å². The lowest BCUT2D eigenvalue weighted by Crippen LogP contribution is -2.13. The number of hydrogen-bond donors (Lipinski definition) is 0. The van der Waals surface area contributed by atoms with E-state index >= 15 is 0 Å². The van der Waals surface area contributed by atoms with E-state index in [0.717, 1.165) is 32.9 Å². The molecule has 1 heterocycles. The summed E-state index contributed by atoms with van der Waals surface area (Å²) in [7, 11) is 0. The molecule has 0 aliphatic rings. The zero-order valence-corrected chi connectivity index (χ0v) is 23.7. The molecule has 0 saturated heterocycles. The van der Waals surface area contributed by atoms with E-state index in [1.165, 1.54) is 26.2 Å². The van der Waals surface area contributed by atoms with Crippen LogP contribution in [0.5, 0.6) is 0 Å². The Labute approximate surface area is 236 Å². The van der Waals surface area contributed by atoms with Gasteiger partial charge in [-0.15, -0.1) is 11.3 Å². The van der Waals surface area contributed by atoms with Crippen molar-refractivity contribution in [2.75, 3.05) is 9.80 Å². The zero-order valence-electron chi connectivity index (χ0n) is 21.3. The van der Waals surface area contributed by atoms with Crippen molar-refractivity contribution in [3.63, 3.8) is 0 Å². The molecule has 0 aliphatic carbocycles. The van der Waals surface area contributed by atoms with E-state index in [4.69, 9.17) is 0 Å². The smallest absolute Gasteiger partial charge is 0.0640 e. The van der Waals surface area contributed by atoms with Gasteiger partial charge < -0.3 is 9.80 Å². The number of benzene rings is 5. The van der Waals surface area contributed by atoms with Crippen LogP contribution in [0.3, 0.4) is 0 Å². The van der Waals surface area contributed by atoms with E-state index in [2.05, 4.69) is 167 Å². The molecule has 38 heavy (non-hydrogen) atoms. The van der Waals surface area contributed by atoms with Crippen LogP contribution < -0.4 is 9.80 Å². The second-order valence-corrected chi connectivity index (χ2v) is 11.4. The van der Waals surface area contributed by atoms with Gasteiger partial charge in [-0.1, -0.05) is 82.7 Å². The van der Waals surface area contributed by atoms with E-state index in [-0.39, 0.29) is 0 Å². The van der Waals surface area contributed by atoms with E-state index < -0.39 is 0 Å². The Balaban J connectivity index is 1.59. The quantitative estimate of drug-likeness (QED) is 0.195. The Kier molecular flexibility index (Phi) is 6.75. The summed E-state index contributed by atoms with van der Waals surface area (Å²) in [5.41, 5.74) is 8.06. The predicted octanol–water partition coefficient (Wildman–Crippen LogP) is 11.2. The van der Waals surface area contributed by atoms with Gasteiger partial charge in [0.15, 0.2) is 0 Å². The monoisotopic (exact) mass is 574 g/mol. The molecule has 0 atom stereocenters. The zero-order chi connectivity index (χ0) is 26.1. The van der Waals surface area contributed by atoms with Crippen LogP contribution in [0.1, 0.15) is 10.4 Å². The molecular weight excluding hydrogens is 548 g/mol. The van der Waals surface area contributed by atoms with Crippen LogP contribution in [0.4, 0.5) is 34.1 Å². The molecule has 2 nitrogen and oxygen atoms in total. The molecule has 0 radical (unpaired) electrons. The first-order valence-electron chi connectivity index (χ1n) is 12.6. The molecule has 0 unspecified atom stereocenters. The van der Waals surface area contributed by atoms with Crippen LogP contribution in [0.25, 0.3) is 10.1 Å². The van der Waals surface area contributed by atoms with Crippen molar-refractivity contribution in [2.24, 2.45) is 0 Å². The maximum Gasteiger partial charge on any atom is 0.0640 e. The summed E-state index contributed by atoms with van der Waals surface area (Å²) in [4.78, 5) is 6.03. The van der Waals surface area contributed by atoms with Crippen molar-refractivity contribution in [1.29, 1.82) is 0 Å². The van der Waals surface area contributed by atoms with Crippen LogP contribution in [0, 0.1) is 13.8 Å². The molecule has 186 valence electrons. The highest BCUT2D eigenvalue weighted by Gasteiger charge is 2.20. The van der Waals surface area contributed by atoms with E-state index in [1.807, 2.05) is 11.3 Å². The fourth-order valence-electron chi connectivity index (χ4n) is 4.95. The summed E-state index contributed by atoms with van der Waals surface area (Å²) in [6.45, 7) is 4.44. The molecule has 4 heteroatoms. The van der Waals surface area contributed by atoms with Gasteiger partial charge in [-0.05, 0) is 85.5 Å². The number of nitrogens with zero attached hydrogens (tertiary/aromatic N) is 2. The van der Waals surface area contributed by atoms with Crippen LogP contribution in [-0.2, 0) is 0 Å². The molecule has 6 rings (SSSR count). The maximum atomic E-state index is 3.85. The van der Waals surface area contributed by atoms with E-state index in [9.17, 15) is 0 Å². The fraction of sp³-hybridized carbons (Fsp3) is 0.0588. The number of hydrogen-bond acceptors (Lipinski definition) is 3. The molecule has 6 aromatic rings. The predicted molar refractivity (Wildman–Crippen MR) is 168 cm³/mol. The summed E-state index contributed by atoms with van der Waals surface area (Å²) in [6, 6.07) is 45.0. The van der Waals surface area contributed by atoms with Gasteiger partial charge in [-0.3, -0.25) is 0 Å². The summed E-state index contributed by atoms with van der Waals surface area (Å²) < 4.78 is 2.32. The molecule has 0 N–H and O–H groups in total. The fourth-order valence-corrected chi connectivity index (χ4v) is 6.58. The van der Waals surface area contributed by atoms with Gasteiger partial charge in [-0.25, -0.2) is 0 Å². The van der Waals surface area contributed by atoms with Crippen molar-refractivity contribution in [1.82, 2.24) is 0 Å². The second-order valence-electron chi connectivity index (χ2n) is 9.28. The SMILES string of the molecule is Cc1sc2c(N(c3ccccc3)c3cc(Br)cc(N(c4ccccc4)c4ccccc4)c3)cccc2c1C. The first kappa shape index (κ1) is 24.5. The number of rotatable bonds is 6. The first-order chi connectivity index (χ1) is 18.6. The highest BCUT2D eigenvalue weighted by Crippen LogP contribution is 2.46. The Bertz CT molecular complexity index is 1660. The molecule has 0 amide bonds. The van der Waals surface area contributed by atoms with Crippen LogP contribution in [-0.4, -0.2) is 0 Å². The number of halogens is 1. The molecule has 0 aliphatic heterocycles. The third kappa shape index (κ3) is 4.62. The minimum absolute atomic E-state index is 1.02. The minimum Gasteiger partial charge on any atom is -0.310 e. The number of thiophene rings is 1. The first-order valence-corrected chi connectivity index (χ1v) is 14.3. The average molecular weight is 576 g/mol. The molecule has 0 spiro atoms. The van der Waals surface area contributed by atoms with Crippen LogP contribution in [0.15, 0.2) is 132 Å². The highest BCUT2D eigenvalue weighted by atomic mass is 79.9. The number of fused-ring (bicyclic) bond motifs is 1. The maximum absolute atomic E-state index is 3.85. The van der Waals surface area contributed by atoms with E-state index in [0.29, 0.717) is 0 Å². The van der Waals surface area contributed by atoms with Gasteiger partial charge >= 0.3 is 0 Å². The van der Waals surface area contributed by atoms with Crippen LogP contribution >= 0.6 is 27.3 Å². The third-order valence-corrected chi connectivity index (χ3v) is 8.55. The van der Waals surface area contributed by atoms with Crippen molar-refractivity contribution in [3.8, 4) is 0 Å². The van der Waals surface area contributed by atoms with Gasteiger partial charge in [0, 0.05) is 37.8 Å². The summed E-state index contributed by atoms with van der Waals surface area (Å²) in [5.74, 6) is 0. The Morgan fingerprint density at radius 2 is 1.03 bits per heavy atom. The molecule has 0 bridgehead atoms. The van der Waals surface area contributed by atoms with Gasteiger partial charge in [0.1, 0.15) is 0 Å². The Morgan fingerprint density at radius 3 is 1.58 bits per heavy atom. The lowest BCUT2D eigenvalue weighted by atomic mass is 10.1. The van der Waals surface area contributed by atoms with Gasteiger partial charge in [0.25, 0.3) is 0 Å². The van der Waals surface area contributed by atoms with Gasteiger partial charge in [-0.2, -0.15) is 0 Å². The molecular formula is C34H27BrN2S. The largest absolute Gasteiger partial charge is 0.310 e. The summed E-state index contributed by atoms with van der Waals surface area (Å²) in [5, 5.41) is 1.32. The number of aryl methyl sites for hydroxylation is 2. The average Bonchev–Trinajstić information content (AvgIpc) is 3.24. The number of para-hydroxylation sites is 3. The van der Waals surface area contributed by atoms with Crippen molar-refractivity contribution in [2.45, 2.75) is 13.8 Å². The van der Waals surface area contributed by atoms with Crippen LogP contribution in [0.2, 0.25) is 0 Å². The van der Waals surface area contributed by atoms with E-state index in [1.54, 1.807) is 0 Å². The number of anilines is 6. The van der Waals surface area contributed by atoms with Gasteiger partial charge in [0.05, 0.1) is 10.4 Å². The molecule has 5 aromatic carbocycles. The third-order valence-electron chi connectivity index (χ3n) is 6.85. The van der Waals surface area contributed by atoms with Crippen molar-refractivity contribution < 1.29 is 0 Å². The lowest BCUT2D eigenvalue weighted by molar-refractivity contribution is 1.25. The Hall–Kier alpha value is -3.86.